The molecule has 5 heteroatoms. The molecule has 1 rings (SSSR count). The lowest BCUT2D eigenvalue weighted by molar-refractivity contribution is 0.150. The van der Waals surface area contributed by atoms with Gasteiger partial charge in [0, 0.05) is 12.4 Å². The van der Waals surface area contributed by atoms with E-state index >= 15 is 0 Å². The summed E-state index contributed by atoms with van der Waals surface area (Å²) in [7, 11) is 1.37. The van der Waals surface area contributed by atoms with Crippen LogP contribution in [0.1, 0.15) is 12.0 Å². The first-order chi connectivity index (χ1) is 5.24. The van der Waals surface area contributed by atoms with E-state index < -0.39 is 6.43 Å². The molecule has 0 saturated heterocycles. The fourth-order valence-corrected chi connectivity index (χ4v) is 0.544. The summed E-state index contributed by atoms with van der Waals surface area (Å²) in [6, 6.07) is 0.0920. The van der Waals surface area contributed by atoms with Gasteiger partial charge in [0.1, 0.15) is 0 Å². The molecule has 60 valence electrons. The van der Waals surface area contributed by atoms with E-state index in [1.54, 1.807) is 0 Å². The second-order valence-corrected chi connectivity index (χ2v) is 1.80. The largest absolute Gasteiger partial charge is 0.467 e. The molecular formula is C6H6F2N2O. The molecule has 0 aliphatic heterocycles. The van der Waals surface area contributed by atoms with E-state index in [0.29, 0.717) is 0 Å². The molecule has 11 heavy (non-hydrogen) atoms. The maximum Gasteiger partial charge on any atom is 0.316 e. The first kappa shape index (κ1) is 7.84. The molecule has 3 nitrogen and oxygen atoms in total. The lowest BCUT2D eigenvalue weighted by atomic mass is 10.4. The van der Waals surface area contributed by atoms with Crippen LogP contribution in [0.4, 0.5) is 8.78 Å². The van der Waals surface area contributed by atoms with Gasteiger partial charge in [0.2, 0.25) is 0 Å². The number of nitrogens with zero attached hydrogens (tertiary/aromatic N) is 2. The molecule has 0 aliphatic rings. The predicted molar refractivity (Wildman–Crippen MR) is 33.5 cm³/mol. The summed E-state index contributed by atoms with van der Waals surface area (Å²) in [4.78, 5) is 7.01. The fraction of sp³-hybridized carbons (Fsp3) is 0.333. The molecule has 0 saturated carbocycles. The summed E-state index contributed by atoms with van der Waals surface area (Å²) in [6.45, 7) is 0. The zero-order valence-electron chi connectivity index (χ0n) is 5.79. The van der Waals surface area contributed by atoms with Crippen LogP contribution in [0.5, 0.6) is 6.01 Å². The molecule has 0 fully saturated rings. The molecule has 0 atom stereocenters. The first-order valence-electron chi connectivity index (χ1n) is 2.88. The summed E-state index contributed by atoms with van der Waals surface area (Å²) in [5.41, 5.74) is -0.203. The van der Waals surface area contributed by atoms with Crippen molar-refractivity contribution < 1.29 is 13.5 Å². The number of rotatable bonds is 2. The molecule has 1 heterocycles. The molecule has 1 aromatic heterocycles. The van der Waals surface area contributed by atoms with Crippen LogP contribution < -0.4 is 4.74 Å². The van der Waals surface area contributed by atoms with E-state index in [1.807, 2.05) is 0 Å². The van der Waals surface area contributed by atoms with Crippen molar-refractivity contribution in [2.45, 2.75) is 6.43 Å². The Morgan fingerprint density at radius 2 is 1.91 bits per heavy atom. The summed E-state index contributed by atoms with van der Waals surface area (Å²) >= 11 is 0. The third-order valence-electron chi connectivity index (χ3n) is 1.08. The van der Waals surface area contributed by atoms with Gasteiger partial charge in [-0.1, -0.05) is 0 Å². The maximum atomic E-state index is 11.9. The highest BCUT2D eigenvalue weighted by atomic mass is 19.3. The molecule has 0 N–H and O–H groups in total. The maximum absolute atomic E-state index is 11.9. The van der Waals surface area contributed by atoms with Crippen LogP contribution in [0.25, 0.3) is 0 Å². The molecule has 0 aliphatic carbocycles. The van der Waals surface area contributed by atoms with Crippen LogP contribution in [0.3, 0.4) is 0 Å². The van der Waals surface area contributed by atoms with E-state index in [-0.39, 0.29) is 11.6 Å². The minimum absolute atomic E-state index is 0.0920. The Kier molecular flexibility index (Phi) is 2.30. The van der Waals surface area contributed by atoms with Crippen LogP contribution in [-0.4, -0.2) is 17.1 Å². The average Bonchev–Trinajstić information content (AvgIpc) is 2.05. The van der Waals surface area contributed by atoms with Gasteiger partial charge in [-0.25, -0.2) is 18.7 Å². The zero-order chi connectivity index (χ0) is 8.27. The molecular weight excluding hydrogens is 154 g/mol. The number of aromatic nitrogens is 2. The fourth-order valence-electron chi connectivity index (χ4n) is 0.544. The number of alkyl halides is 2. The topological polar surface area (TPSA) is 35.0 Å². The average molecular weight is 160 g/mol. The van der Waals surface area contributed by atoms with Gasteiger partial charge in [0.05, 0.1) is 12.7 Å². The van der Waals surface area contributed by atoms with Crippen molar-refractivity contribution in [1.82, 2.24) is 9.97 Å². The summed E-state index contributed by atoms with van der Waals surface area (Å²) in [5.74, 6) is 0. The molecule has 0 radical (unpaired) electrons. The molecule has 0 bridgehead atoms. The van der Waals surface area contributed by atoms with Crippen LogP contribution in [0.15, 0.2) is 12.4 Å². The lowest BCUT2D eigenvalue weighted by Gasteiger charge is -1.98. The second kappa shape index (κ2) is 3.23. The van der Waals surface area contributed by atoms with E-state index in [4.69, 9.17) is 0 Å². The number of ether oxygens (including phenoxy) is 1. The highest BCUT2D eigenvalue weighted by Gasteiger charge is 2.07. The molecule has 1 aromatic rings. The van der Waals surface area contributed by atoms with Gasteiger partial charge in [0.15, 0.2) is 0 Å². The molecule has 0 unspecified atom stereocenters. The minimum Gasteiger partial charge on any atom is -0.467 e. The van der Waals surface area contributed by atoms with Crippen molar-refractivity contribution in [2.24, 2.45) is 0 Å². The standard InChI is InChI=1S/C6H6F2N2O/c1-11-6-9-2-4(3-10-6)5(7)8/h2-3,5H,1H3. The number of hydrogen-bond donors (Lipinski definition) is 0. The highest BCUT2D eigenvalue weighted by molar-refractivity contribution is 5.08. The van der Waals surface area contributed by atoms with Gasteiger partial charge >= 0.3 is 6.01 Å². The predicted octanol–water partition coefficient (Wildman–Crippen LogP) is 1.42. The van der Waals surface area contributed by atoms with Crippen molar-refractivity contribution in [3.63, 3.8) is 0 Å². The smallest absolute Gasteiger partial charge is 0.316 e. The van der Waals surface area contributed by atoms with Gasteiger partial charge in [-0.3, -0.25) is 0 Å². The zero-order valence-corrected chi connectivity index (χ0v) is 5.79. The van der Waals surface area contributed by atoms with Crippen molar-refractivity contribution >= 4 is 0 Å². The third kappa shape index (κ3) is 1.83. The first-order valence-corrected chi connectivity index (χ1v) is 2.88. The van der Waals surface area contributed by atoms with Crippen LogP contribution in [-0.2, 0) is 0 Å². The molecule has 0 amide bonds. The van der Waals surface area contributed by atoms with Gasteiger partial charge < -0.3 is 4.74 Å². The van der Waals surface area contributed by atoms with Crippen molar-refractivity contribution in [3.05, 3.63) is 18.0 Å². The van der Waals surface area contributed by atoms with Crippen molar-refractivity contribution in [3.8, 4) is 6.01 Å². The SMILES string of the molecule is COc1ncc(C(F)F)cn1. The highest BCUT2D eigenvalue weighted by Crippen LogP contribution is 2.16. The van der Waals surface area contributed by atoms with Crippen LogP contribution in [0.2, 0.25) is 0 Å². The van der Waals surface area contributed by atoms with E-state index in [0.717, 1.165) is 12.4 Å². The Morgan fingerprint density at radius 3 is 2.27 bits per heavy atom. The second-order valence-electron chi connectivity index (χ2n) is 1.80. The van der Waals surface area contributed by atoms with Crippen LogP contribution >= 0.6 is 0 Å². The number of halogens is 2. The van der Waals surface area contributed by atoms with E-state index in [1.165, 1.54) is 7.11 Å². The lowest BCUT2D eigenvalue weighted by Crippen LogP contribution is -1.93. The quantitative estimate of drug-likeness (QED) is 0.656. The molecule has 0 spiro atoms. The summed E-state index contributed by atoms with van der Waals surface area (Å²) < 4.78 is 28.3. The number of methoxy groups -OCH3 is 1. The Morgan fingerprint density at radius 1 is 1.36 bits per heavy atom. The monoisotopic (exact) mass is 160 g/mol. The Bertz CT molecular complexity index is 225. The van der Waals surface area contributed by atoms with Gasteiger partial charge in [-0.05, 0) is 0 Å². The summed E-state index contributed by atoms with van der Waals surface area (Å²) in [6.07, 6.45) is -0.451. The minimum atomic E-state index is -2.53. The Hall–Kier alpha value is -1.26. The van der Waals surface area contributed by atoms with Crippen molar-refractivity contribution in [1.29, 1.82) is 0 Å². The van der Waals surface area contributed by atoms with E-state index in [2.05, 4.69) is 14.7 Å². The van der Waals surface area contributed by atoms with Crippen molar-refractivity contribution in [2.75, 3.05) is 7.11 Å². The number of hydrogen-bond acceptors (Lipinski definition) is 3. The third-order valence-corrected chi connectivity index (χ3v) is 1.08. The normalized spacial score (nSPS) is 10.2. The van der Waals surface area contributed by atoms with Gasteiger partial charge in [-0.2, -0.15) is 0 Å². The molecule has 0 aromatic carbocycles. The Labute approximate surface area is 62.0 Å². The Balaban J connectivity index is 2.83. The summed E-state index contributed by atoms with van der Waals surface area (Å²) in [5, 5.41) is 0. The van der Waals surface area contributed by atoms with E-state index in [9.17, 15) is 8.78 Å². The van der Waals surface area contributed by atoms with Crippen LogP contribution in [0, 0.1) is 0 Å². The van der Waals surface area contributed by atoms with Gasteiger partial charge in [0.25, 0.3) is 6.43 Å². The van der Waals surface area contributed by atoms with Gasteiger partial charge in [-0.15, -0.1) is 0 Å².